The molecule has 2 heterocycles. The van der Waals surface area contributed by atoms with E-state index in [-0.39, 0.29) is 0 Å². The Labute approximate surface area is 108 Å². The number of hydrogen-bond acceptors (Lipinski definition) is 3. The highest BCUT2D eigenvalue weighted by Crippen LogP contribution is 2.25. The third-order valence-corrected chi connectivity index (χ3v) is 2.98. The molecule has 0 radical (unpaired) electrons. The second-order valence-electron chi connectivity index (χ2n) is 2.77. The summed E-state index contributed by atoms with van der Waals surface area (Å²) in [5.41, 5.74) is 0.741. The van der Waals surface area contributed by atoms with Crippen molar-refractivity contribution in [1.29, 1.82) is 0 Å². The number of rotatable bonds is 1. The second-order valence-corrected chi connectivity index (χ2v) is 4.98. The van der Waals surface area contributed by atoms with Crippen molar-refractivity contribution in [3.05, 3.63) is 38.1 Å². The van der Waals surface area contributed by atoms with E-state index in [4.69, 9.17) is 12.2 Å². The van der Waals surface area contributed by atoms with E-state index in [0.29, 0.717) is 10.5 Å². The van der Waals surface area contributed by atoms with E-state index in [9.17, 15) is 0 Å². The van der Waals surface area contributed by atoms with Gasteiger partial charge in [0.15, 0.2) is 5.82 Å². The first-order valence-electron chi connectivity index (χ1n) is 4.03. The third kappa shape index (κ3) is 2.50. The maximum atomic E-state index is 5.02. The van der Waals surface area contributed by atoms with Gasteiger partial charge in [-0.25, -0.2) is 4.98 Å². The summed E-state index contributed by atoms with van der Waals surface area (Å²) in [6.07, 6.45) is 3.37. The minimum Gasteiger partial charge on any atom is -0.329 e. The molecule has 0 saturated heterocycles. The molecule has 1 N–H and O–H groups in total. The van der Waals surface area contributed by atoms with Crippen LogP contribution in [0.4, 0.5) is 0 Å². The molecule has 2 aromatic heterocycles. The second kappa shape index (κ2) is 4.51. The van der Waals surface area contributed by atoms with E-state index in [0.717, 1.165) is 14.6 Å². The topological polar surface area (TPSA) is 41.6 Å². The lowest BCUT2D eigenvalue weighted by Crippen LogP contribution is -1.92. The molecular formula is C9H5Br2N3S. The van der Waals surface area contributed by atoms with Crippen LogP contribution in [0, 0.1) is 4.64 Å². The maximum absolute atomic E-state index is 5.02. The molecule has 3 nitrogen and oxygen atoms in total. The number of nitrogens with one attached hydrogen (secondary N) is 1. The fraction of sp³-hybridized carbons (Fsp3) is 0. The van der Waals surface area contributed by atoms with Gasteiger partial charge in [-0.15, -0.1) is 0 Å². The molecule has 2 rings (SSSR count). The monoisotopic (exact) mass is 345 g/mol. The molecule has 0 spiro atoms. The minimum absolute atomic E-state index is 0.636. The summed E-state index contributed by atoms with van der Waals surface area (Å²) in [6.45, 7) is 0. The van der Waals surface area contributed by atoms with Crippen molar-refractivity contribution in [2.24, 2.45) is 0 Å². The van der Waals surface area contributed by atoms with Crippen LogP contribution in [0.5, 0.6) is 0 Å². The highest BCUT2D eigenvalue weighted by atomic mass is 79.9. The molecule has 76 valence electrons. The highest BCUT2D eigenvalue weighted by molar-refractivity contribution is 9.11. The number of halogens is 2. The Morgan fingerprint density at radius 1 is 1.27 bits per heavy atom. The third-order valence-electron chi connectivity index (χ3n) is 1.70. The largest absolute Gasteiger partial charge is 0.329 e. The van der Waals surface area contributed by atoms with Crippen molar-refractivity contribution in [3.63, 3.8) is 0 Å². The predicted octanol–water partition coefficient (Wildman–Crippen LogP) is 3.73. The van der Waals surface area contributed by atoms with Gasteiger partial charge >= 0.3 is 0 Å². The summed E-state index contributed by atoms with van der Waals surface area (Å²) in [4.78, 5) is 11.4. The van der Waals surface area contributed by atoms with Crippen molar-refractivity contribution >= 4 is 44.1 Å². The first kappa shape index (κ1) is 10.9. The van der Waals surface area contributed by atoms with Crippen molar-refractivity contribution in [1.82, 2.24) is 15.0 Å². The van der Waals surface area contributed by atoms with Crippen LogP contribution < -0.4 is 0 Å². The fourth-order valence-electron chi connectivity index (χ4n) is 1.08. The molecule has 0 aromatic carbocycles. The van der Waals surface area contributed by atoms with Crippen LogP contribution in [0.1, 0.15) is 0 Å². The van der Waals surface area contributed by atoms with Crippen LogP contribution in [0.15, 0.2) is 33.5 Å². The summed E-state index contributed by atoms with van der Waals surface area (Å²) in [6, 6.07) is 3.64. The lowest BCUT2D eigenvalue weighted by atomic mass is 10.3. The number of aromatic amines is 1. The molecule has 0 unspecified atom stereocenters. The van der Waals surface area contributed by atoms with Gasteiger partial charge in [-0.1, -0.05) is 12.2 Å². The van der Waals surface area contributed by atoms with Gasteiger partial charge in [0.1, 0.15) is 10.3 Å². The van der Waals surface area contributed by atoms with Crippen molar-refractivity contribution in [2.75, 3.05) is 0 Å². The van der Waals surface area contributed by atoms with E-state index >= 15 is 0 Å². The fourth-order valence-corrected chi connectivity index (χ4v) is 2.41. The van der Waals surface area contributed by atoms with E-state index in [2.05, 4.69) is 46.8 Å². The first-order valence-corrected chi connectivity index (χ1v) is 6.03. The SMILES string of the molecule is S=c1ccnc(-c2ncc(Br)cc2Br)[nH]1. The van der Waals surface area contributed by atoms with Crippen LogP contribution in [0.2, 0.25) is 0 Å². The summed E-state index contributed by atoms with van der Waals surface area (Å²) in [5, 5.41) is 0. The molecule has 0 saturated carbocycles. The molecule has 0 aliphatic rings. The summed E-state index contributed by atoms with van der Waals surface area (Å²) < 4.78 is 2.41. The van der Waals surface area contributed by atoms with Crippen LogP contribution in [-0.4, -0.2) is 15.0 Å². The summed E-state index contributed by atoms with van der Waals surface area (Å²) >= 11 is 11.8. The van der Waals surface area contributed by atoms with Gasteiger partial charge in [-0.2, -0.15) is 0 Å². The summed E-state index contributed by atoms with van der Waals surface area (Å²) in [7, 11) is 0. The Bertz CT molecular complexity index is 553. The van der Waals surface area contributed by atoms with Gasteiger partial charge in [0.2, 0.25) is 0 Å². The Kier molecular flexibility index (Phi) is 3.28. The molecule has 2 aromatic rings. The Balaban J connectivity index is 2.59. The average molecular weight is 347 g/mol. The zero-order chi connectivity index (χ0) is 10.8. The number of pyridine rings is 1. The van der Waals surface area contributed by atoms with Gasteiger partial charge in [0.25, 0.3) is 0 Å². The van der Waals surface area contributed by atoms with Gasteiger partial charge < -0.3 is 4.98 Å². The number of hydrogen-bond donors (Lipinski definition) is 1. The first-order chi connectivity index (χ1) is 7.16. The van der Waals surface area contributed by atoms with E-state index in [1.165, 1.54) is 0 Å². The minimum atomic E-state index is 0.636. The molecule has 0 aliphatic carbocycles. The van der Waals surface area contributed by atoms with E-state index < -0.39 is 0 Å². The molecule has 0 aliphatic heterocycles. The average Bonchev–Trinajstić information content (AvgIpc) is 2.17. The molecule has 0 amide bonds. The molecule has 0 atom stereocenters. The Hall–Kier alpha value is -0.590. The smallest absolute Gasteiger partial charge is 0.158 e. The van der Waals surface area contributed by atoms with Crippen LogP contribution >= 0.6 is 44.1 Å². The summed E-state index contributed by atoms with van der Waals surface area (Å²) in [5.74, 6) is 0.655. The number of aromatic nitrogens is 3. The maximum Gasteiger partial charge on any atom is 0.158 e. The highest BCUT2D eigenvalue weighted by Gasteiger charge is 2.06. The quantitative estimate of drug-likeness (QED) is 0.800. The van der Waals surface area contributed by atoms with Crippen LogP contribution in [0.3, 0.4) is 0 Å². The van der Waals surface area contributed by atoms with Gasteiger partial charge in [0, 0.05) is 21.3 Å². The Morgan fingerprint density at radius 2 is 2.07 bits per heavy atom. The number of H-pyrrole nitrogens is 1. The molecule has 0 bridgehead atoms. The zero-order valence-corrected chi connectivity index (χ0v) is 11.4. The predicted molar refractivity (Wildman–Crippen MR) is 68.1 cm³/mol. The van der Waals surface area contributed by atoms with Gasteiger partial charge in [0.05, 0.1) is 0 Å². The lowest BCUT2D eigenvalue weighted by molar-refractivity contribution is 1.12. The Morgan fingerprint density at radius 3 is 2.73 bits per heavy atom. The van der Waals surface area contributed by atoms with Crippen LogP contribution in [-0.2, 0) is 0 Å². The number of nitrogens with zero attached hydrogens (tertiary/aromatic N) is 2. The normalized spacial score (nSPS) is 10.3. The van der Waals surface area contributed by atoms with Gasteiger partial charge in [-0.3, -0.25) is 4.98 Å². The lowest BCUT2D eigenvalue weighted by Gasteiger charge is -2.02. The van der Waals surface area contributed by atoms with Crippen molar-refractivity contribution in [2.45, 2.75) is 0 Å². The van der Waals surface area contributed by atoms with E-state index in [1.807, 2.05) is 6.07 Å². The van der Waals surface area contributed by atoms with Gasteiger partial charge in [-0.05, 0) is 44.0 Å². The molecular weight excluding hydrogens is 342 g/mol. The standard InChI is InChI=1S/C9H5Br2N3S/c10-5-3-6(11)8(13-4-5)9-12-2-1-7(15)14-9/h1-4H,(H,12,14,15). The van der Waals surface area contributed by atoms with E-state index in [1.54, 1.807) is 18.5 Å². The molecule has 0 fully saturated rings. The molecule has 15 heavy (non-hydrogen) atoms. The van der Waals surface area contributed by atoms with Crippen molar-refractivity contribution < 1.29 is 0 Å². The molecule has 6 heteroatoms. The van der Waals surface area contributed by atoms with Crippen molar-refractivity contribution in [3.8, 4) is 11.5 Å². The zero-order valence-electron chi connectivity index (χ0n) is 7.37. The van der Waals surface area contributed by atoms with Crippen LogP contribution in [0.25, 0.3) is 11.5 Å².